The third-order valence-corrected chi connectivity index (χ3v) is 3.73. The van der Waals surface area contributed by atoms with Crippen LogP contribution in [0.5, 0.6) is 0 Å². The second-order valence-electron chi connectivity index (χ2n) is 3.77. The number of thioether (sulfide) groups is 1. The van der Waals surface area contributed by atoms with E-state index in [2.05, 4.69) is 5.32 Å². The zero-order valence-electron chi connectivity index (χ0n) is 9.27. The number of hydrogen-bond donors (Lipinski definition) is 2. The lowest BCUT2D eigenvalue weighted by Crippen LogP contribution is -2.40. The van der Waals surface area contributed by atoms with Gasteiger partial charge in [-0.1, -0.05) is 6.42 Å². The van der Waals surface area contributed by atoms with E-state index in [1.165, 1.54) is 0 Å². The zero-order valence-corrected chi connectivity index (χ0v) is 10.1. The van der Waals surface area contributed by atoms with E-state index < -0.39 is 12.6 Å². The standard InChI is InChI=1S/C10H17NO4S/c1-16-8-4-2-3-7(8)11-9(12)5-15-6-10(13)14/h7-8H,2-6H2,1H3,(H,11,12)(H,13,14). The number of carbonyl (C=O) groups excluding carboxylic acids is 1. The van der Waals surface area contributed by atoms with Crippen LogP contribution in [0, 0.1) is 0 Å². The molecule has 0 saturated heterocycles. The number of carboxylic acids is 1. The molecule has 1 amide bonds. The molecule has 0 heterocycles. The van der Waals surface area contributed by atoms with E-state index in [9.17, 15) is 9.59 Å². The Labute approximate surface area is 98.9 Å². The topological polar surface area (TPSA) is 75.6 Å². The molecule has 0 aliphatic heterocycles. The molecule has 6 heteroatoms. The monoisotopic (exact) mass is 247 g/mol. The van der Waals surface area contributed by atoms with Gasteiger partial charge in [-0.15, -0.1) is 0 Å². The van der Waals surface area contributed by atoms with Gasteiger partial charge in [-0.3, -0.25) is 4.79 Å². The Balaban J connectivity index is 2.20. The van der Waals surface area contributed by atoms with Gasteiger partial charge in [0, 0.05) is 11.3 Å². The van der Waals surface area contributed by atoms with Gasteiger partial charge in [0.25, 0.3) is 0 Å². The summed E-state index contributed by atoms with van der Waals surface area (Å²) in [5.74, 6) is -1.29. The van der Waals surface area contributed by atoms with E-state index in [1.807, 2.05) is 6.26 Å². The molecule has 2 atom stereocenters. The van der Waals surface area contributed by atoms with Crippen molar-refractivity contribution in [3.63, 3.8) is 0 Å². The van der Waals surface area contributed by atoms with Crippen LogP contribution in [0.1, 0.15) is 19.3 Å². The third kappa shape index (κ3) is 4.40. The molecule has 2 N–H and O–H groups in total. The van der Waals surface area contributed by atoms with E-state index in [0.29, 0.717) is 5.25 Å². The maximum atomic E-state index is 11.4. The average Bonchev–Trinajstić information content (AvgIpc) is 2.64. The molecule has 0 aromatic carbocycles. The van der Waals surface area contributed by atoms with Crippen LogP contribution in [0.4, 0.5) is 0 Å². The van der Waals surface area contributed by atoms with Gasteiger partial charge in [0.2, 0.25) is 5.91 Å². The van der Waals surface area contributed by atoms with Gasteiger partial charge in [-0.25, -0.2) is 4.79 Å². The molecule has 0 spiro atoms. The van der Waals surface area contributed by atoms with Gasteiger partial charge in [-0.05, 0) is 19.1 Å². The van der Waals surface area contributed by atoms with Crippen molar-refractivity contribution >= 4 is 23.6 Å². The summed E-state index contributed by atoms with van der Waals surface area (Å²) >= 11 is 1.76. The summed E-state index contributed by atoms with van der Waals surface area (Å²) in [6.07, 6.45) is 5.29. The molecule has 2 unspecified atom stereocenters. The van der Waals surface area contributed by atoms with E-state index in [0.717, 1.165) is 19.3 Å². The van der Waals surface area contributed by atoms with Gasteiger partial charge < -0.3 is 15.2 Å². The molecular weight excluding hydrogens is 230 g/mol. The van der Waals surface area contributed by atoms with Gasteiger partial charge in [-0.2, -0.15) is 11.8 Å². The van der Waals surface area contributed by atoms with E-state index in [1.54, 1.807) is 11.8 Å². The Morgan fingerprint density at radius 3 is 2.81 bits per heavy atom. The second-order valence-corrected chi connectivity index (χ2v) is 4.84. The molecule has 1 aliphatic carbocycles. The SMILES string of the molecule is CSC1CCCC1NC(=O)COCC(=O)O. The van der Waals surface area contributed by atoms with E-state index >= 15 is 0 Å². The number of carbonyl (C=O) groups is 2. The molecule has 1 saturated carbocycles. The van der Waals surface area contributed by atoms with Crippen LogP contribution in [0.2, 0.25) is 0 Å². The van der Waals surface area contributed by atoms with Crippen LogP contribution in [-0.2, 0) is 14.3 Å². The minimum absolute atomic E-state index is 0.177. The van der Waals surface area contributed by atoms with Crippen molar-refractivity contribution < 1.29 is 19.4 Å². The van der Waals surface area contributed by atoms with Crippen molar-refractivity contribution in [2.45, 2.75) is 30.6 Å². The molecular formula is C10H17NO4S. The first kappa shape index (κ1) is 13.3. The fourth-order valence-electron chi connectivity index (χ4n) is 1.85. The highest BCUT2D eigenvalue weighted by Crippen LogP contribution is 2.28. The Bertz CT molecular complexity index is 259. The predicted molar refractivity (Wildman–Crippen MR) is 61.5 cm³/mol. The minimum Gasteiger partial charge on any atom is -0.480 e. The molecule has 5 nitrogen and oxygen atoms in total. The lowest BCUT2D eigenvalue weighted by molar-refractivity contribution is -0.143. The lowest BCUT2D eigenvalue weighted by Gasteiger charge is -2.18. The number of aliphatic carboxylic acids is 1. The summed E-state index contributed by atoms with van der Waals surface area (Å²) in [5, 5.41) is 11.7. The Kier molecular flexibility index (Phi) is 5.62. The van der Waals surface area contributed by atoms with Gasteiger partial charge >= 0.3 is 5.97 Å². The number of amides is 1. The molecule has 0 bridgehead atoms. The van der Waals surface area contributed by atoms with Crippen molar-refractivity contribution in [2.24, 2.45) is 0 Å². The van der Waals surface area contributed by atoms with Crippen molar-refractivity contribution in [3.8, 4) is 0 Å². The molecule has 1 rings (SSSR count). The fraction of sp³-hybridized carbons (Fsp3) is 0.800. The normalized spacial score (nSPS) is 24.3. The molecule has 0 aromatic rings. The highest BCUT2D eigenvalue weighted by Gasteiger charge is 2.27. The highest BCUT2D eigenvalue weighted by molar-refractivity contribution is 7.99. The van der Waals surface area contributed by atoms with E-state index in [4.69, 9.17) is 9.84 Å². The maximum absolute atomic E-state index is 11.4. The fourth-order valence-corrected chi connectivity index (χ4v) is 2.79. The van der Waals surface area contributed by atoms with Crippen LogP contribution in [0.15, 0.2) is 0 Å². The summed E-state index contributed by atoms with van der Waals surface area (Å²) in [4.78, 5) is 21.6. The summed E-state index contributed by atoms with van der Waals surface area (Å²) in [7, 11) is 0. The molecule has 0 aromatic heterocycles. The molecule has 16 heavy (non-hydrogen) atoms. The summed E-state index contributed by atoms with van der Waals surface area (Å²) < 4.78 is 4.72. The predicted octanol–water partition coefficient (Wildman–Crippen LogP) is 0.488. The Morgan fingerprint density at radius 2 is 2.19 bits per heavy atom. The zero-order chi connectivity index (χ0) is 12.0. The van der Waals surface area contributed by atoms with Crippen LogP contribution in [0.25, 0.3) is 0 Å². The van der Waals surface area contributed by atoms with Crippen LogP contribution < -0.4 is 5.32 Å². The van der Waals surface area contributed by atoms with Crippen LogP contribution in [-0.4, -0.2) is 47.7 Å². The van der Waals surface area contributed by atoms with Gasteiger partial charge in [0.15, 0.2) is 0 Å². The highest BCUT2D eigenvalue weighted by atomic mass is 32.2. The molecule has 0 radical (unpaired) electrons. The van der Waals surface area contributed by atoms with Crippen LogP contribution >= 0.6 is 11.8 Å². The largest absolute Gasteiger partial charge is 0.480 e. The quantitative estimate of drug-likeness (QED) is 0.714. The molecule has 1 aliphatic rings. The van der Waals surface area contributed by atoms with Crippen molar-refractivity contribution in [3.05, 3.63) is 0 Å². The third-order valence-electron chi connectivity index (χ3n) is 2.56. The number of rotatable bonds is 6. The lowest BCUT2D eigenvalue weighted by atomic mass is 10.2. The summed E-state index contributed by atoms with van der Waals surface area (Å²) in [5.41, 5.74) is 0. The summed E-state index contributed by atoms with van der Waals surface area (Å²) in [6, 6.07) is 0.205. The number of carboxylic acid groups (broad SMARTS) is 1. The van der Waals surface area contributed by atoms with E-state index in [-0.39, 0.29) is 18.6 Å². The molecule has 1 fully saturated rings. The number of ether oxygens (including phenoxy) is 1. The van der Waals surface area contributed by atoms with Crippen molar-refractivity contribution in [2.75, 3.05) is 19.5 Å². The first-order chi connectivity index (χ1) is 7.63. The van der Waals surface area contributed by atoms with Gasteiger partial charge in [0.1, 0.15) is 13.2 Å². The first-order valence-electron chi connectivity index (χ1n) is 5.25. The molecule has 92 valence electrons. The first-order valence-corrected chi connectivity index (χ1v) is 6.54. The Hall–Kier alpha value is -0.750. The van der Waals surface area contributed by atoms with Crippen LogP contribution in [0.3, 0.4) is 0 Å². The maximum Gasteiger partial charge on any atom is 0.329 e. The number of nitrogens with one attached hydrogen (secondary N) is 1. The smallest absolute Gasteiger partial charge is 0.329 e. The second kappa shape index (κ2) is 6.75. The minimum atomic E-state index is -1.06. The van der Waals surface area contributed by atoms with Crippen molar-refractivity contribution in [1.29, 1.82) is 0 Å². The van der Waals surface area contributed by atoms with Crippen molar-refractivity contribution in [1.82, 2.24) is 5.32 Å². The average molecular weight is 247 g/mol. The summed E-state index contributed by atoms with van der Waals surface area (Å²) in [6.45, 7) is -0.603. The Morgan fingerprint density at radius 1 is 1.44 bits per heavy atom. The van der Waals surface area contributed by atoms with Gasteiger partial charge in [0.05, 0.1) is 0 Å². The number of hydrogen-bond acceptors (Lipinski definition) is 4.